The largest absolute Gasteiger partial charge is 0.353 e. The van der Waals surface area contributed by atoms with E-state index in [1.54, 1.807) is 0 Å². The molecule has 0 spiro atoms. The van der Waals surface area contributed by atoms with Crippen LogP contribution in [0.3, 0.4) is 0 Å². The third-order valence-corrected chi connectivity index (χ3v) is 2.17. The third kappa shape index (κ3) is 0.573. The van der Waals surface area contributed by atoms with Crippen molar-refractivity contribution in [1.82, 2.24) is 5.32 Å². The van der Waals surface area contributed by atoms with Gasteiger partial charge >= 0.3 is 0 Å². The number of amides is 1. The maximum Gasteiger partial charge on any atom is 0.226 e. The fourth-order valence-corrected chi connectivity index (χ4v) is 1.68. The lowest BCUT2D eigenvalue weighted by Gasteiger charge is -2.13. The van der Waals surface area contributed by atoms with Gasteiger partial charge in [0.1, 0.15) is 6.17 Å². The summed E-state index contributed by atoms with van der Waals surface area (Å²) >= 11 is 0. The van der Waals surface area contributed by atoms with Crippen LogP contribution in [-0.2, 0) is 4.79 Å². The number of hydrogen-bond donors (Lipinski definition) is 1. The van der Waals surface area contributed by atoms with Gasteiger partial charge < -0.3 is 5.32 Å². The van der Waals surface area contributed by atoms with Crippen molar-refractivity contribution in [1.29, 1.82) is 0 Å². The number of rotatable bonds is 0. The minimum Gasteiger partial charge on any atom is -0.353 e. The number of fused-ring (bicyclic) bond motifs is 2. The molecule has 1 aliphatic heterocycles. The predicted molar refractivity (Wildman–Crippen MR) is 29.6 cm³/mol. The Labute approximate surface area is 52.4 Å². The molecule has 1 heterocycles. The summed E-state index contributed by atoms with van der Waals surface area (Å²) in [6.45, 7) is 0. The summed E-state index contributed by atoms with van der Waals surface area (Å²) < 4.78 is 12.6. The average molecular weight is 129 g/mol. The van der Waals surface area contributed by atoms with Crippen molar-refractivity contribution in [3.8, 4) is 0 Å². The van der Waals surface area contributed by atoms with Crippen LogP contribution in [0.4, 0.5) is 4.39 Å². The molecular formula is C6H8FNO. The van der Waals surface area contributed by atoms with E-state index >= 15 is 0 Å². The van der Waals surface area contributed by atoms with Crippen molar-refractivity contribution in [2.45, 2.75) is 25.1 Å². The van der Waals surface area contributed by atoms with E-state index in [1.165, 1.54) is 0 Å². The Morgan fingerprint density at radius 2 is 2.33 bits per heavy atom. The summed E-state index contributed by atoms with van der Waals surface area (Å²) in [5.41, 5.74) is 0. The molecule has 3 unspecified atom stereocenters. The molecule has 50 valence electrons. The van der Waals surface area contributed by atoms with Gasteiger partial charge in [-0.15, -0.1) is 0 Å². The van der Waals surface area contributed by atoms with E-state index in [0.717, 1.165) is 6.42 Å². The maximum absolute atomic E-state index is 12.6. The average Bonchev–Trinajstić information content (AvgIpc) is 2.22. The number of halogens is 1. The first kappa shape index (κ1) is 5.21. The molecule has 2 nitrogen and oxygen atoms in total. The second kappa shape index (κ2) is 1.46. The Hall–Kier alpha value is -0.600. The topological polar surface area (TPSA) is 29.1 Å². The van der Waals surface area contributed by atoms with E-state index < -0.39 is 6.17 Å². The number of hydrogen-bond acceptors (Lipinski definition) is 1. The maximum atomic E-state index is 12.6. The second-order valence-corrected chi connectivity index (χ2v) is 2.80. The Morgan fingerprint density at radius 3 is 2.67 bits per heavy atom. The standard InChI is InChI=1S/C6H8FNO/c7-5-2-3-1-4(5)6(9)8-3/h3-5H,1-2H2,(H,8,9). The number of carbonyl (C=O) groups is 1. The summed E-state index contributed by atoms with van der Waals surface area (Å²) in [5.74, 6) is -0.395. The van der Waals surface area contributed by atoms with Gasteiger partial charge in [-0.1, -0.05) is 0 Å². The summed E-state index contributed by atoms with van der Waals surface area (Å²) in [7, 11) is 0. The molecule has 2 rings (SSSR count). The van der Waals surface area contributed by atoms with Gasteiger partial charge in [0, 0.05) is 6.04 Å². The molecule has 1 N–H and O–H groups in total. The van der Waals surface area contributed by atoms with Crippen LogP contribution in [0, 0.1) is 5.92 Å². The van der Waals surface area contributed by atoms with Crippen molar-refractivity contribution in [2.24, 2.45) is 5.92 Å². The van der Waals surface area contributed by atoms with E-state index in [4.69, 9.17) is 0 Å². The highest BCUT2D eigenvalue weighted by atomic mass is 19.1. The first-order valence-electron chi connectivity index (χ1n) is 3.22. The van der Waals surface area contributed by atoms with Crippen molar-refractivity contribution >= 4 is 5.91 Å². The normalized spacial score (nSPS) is 47.7. The third-order valence-electron chi connectivity index (χ3n) is 2.17. The molecule has 2 aliphatic rings. The fraction of sp³-hybridized carbons (Fsp3) is 0.833. The second-order valence-electron chi connectivity index (χ2n) is 2.80. The molecule has 1 aliphatic carbocycles. The minimum atomic E-state index is -0.858. The molecule has 2 fully saturated rings. The molecule has 3 atom stereocenters. The van der Waals surface area contributed by atoms with Crippen LogP contribution in [0.2, 0.25) is 0 Å². The number of alkyl halides is 1. The molecule has 1 saturated heterocycles. The van der Waals surface area contributed by atoms with Crippen LogP contribution in [0.25, 0.3) is 0 Å². The van der Waals surface area contributed by atoms with Gasteiger partial charge in [-0.25, -0.2) is 4.39 Å². The molecule has 1 amide bonds. The summed E-state index contributed by atoms with van der Waals surface area (Å²) in [5, 5.41) is 2.70. The van der Waals surface area contributed by atoms with Crippen molar-refractivity contribution in [3.63, 3.8) is 0 Å². The van der Waals surface area contributed by atoms with Crippen molar-refractivity contribution in [2.75, 3.05) is 0 Å². The molecule has 2 bridgehead atoms. The highest BCUT2D eigenvalue weighted by Crippen LogP contribution is 2.34. The van der Waals surface area contributed by atoms with Crippen LogP contribution in [0.15, 0.2) is 0 Å². The fourth-order valence-electron chi connectivity index (χ4n) is 1.68. The van der Waals surface area contributed by atoms with Crippen LogP contribution >= 0.6 is 0 Å². The zero-order valence-electron chi connectivity index (χ0n) is 4.93. The van der Waals surface area contributed by atoms with E-state index in [2.05, 4.69) is 5.32 Å². The monoisotopic (exact) mass is 129 g/mol. The number of nitrogens with one attached hydrogen (secondary N) is 1. The van der Waals surface area contributed by atoms with E-state index in [0.29, 0.717) is 6.42 Å². The van der Waals surface area contributed by atoms with Crippen LogP contribution < -0.4 is 5.32 Å². The smallest absolute Gasteiger partial charge is 0.226 e. The van der Waals surface area contributed by atoms with Gasteiger partial charge in [0.15, 0.2) is 0 Å². The summed E-state index contributed by atoms with van der Waals surface area (Å²) in [6, 6.07) is 0.150. The van der Waals surface area contributed by atoms with E-state index in [1.807, 2.05) is 0 Å². The van der Waals surface area contributed by atoms with Gasteiger partial charge in [0.05, 0.1) is 5.92 Å². The quantitative estimate of drug-likeness (QED) is 0.498. The van der Waals surface area contributed by atoms with Crippen LogP contribution in [0.5, 0.6) is 0 Å². The van der Waals surface area contributed by atoms with Crippen LogP contribution in [-0.4, -0.2) is 18.1 Å². The Morgan fingerprint density at radius 1 is 1.56 bits per heavy atom. The lowest BCUT2D eigenvalue weighted by molar-refractivity contribution is -0.125. The Balaban J connectivity index is 2.21. The van der Waals surface area contributed by atoms with E-state index in [-0.39, 0.29) is 17.9 Å². The molecule has 3 heteroatoms. The van der Waals surface area contributed by atoms with Crippen molar-refractivity contribution in [3.05, 3.63) is 0 Å². The lowest BCUT2D eigenvalue weighted by atomic mass is 10.1. The van der Waals surface area contributed by atoms with Crippen LogP contribution in [0.1, 0.15) is 12.8 Å². The summed E-state index contributed by atoms with van der Waals surface area (Å²) in [4.78, 5) is 10.7. The van der Waals surface area contributed by atoms with Gasteiger partial charge in [-0.05, 0) is 12.8 Å². The SMILES string of the molecule is O=C1NC2CC(F)C1C2. The molecule has 0 radical (unpaired) electrons. The highest BCUT2D eigenvalue weighted by molar-refractivity contribution is 5.83. The highest BCUT2D eigenvalue weighted by Gasteiger charge is 2.45. The molecule has 0 aromatic rings. The number of piperidine rings is 1. The first-order chi connectivity index (χ1) is 4.27. The molecular weight excluding hydrogens is 121 g/mol. The molecule has 0 aromatic carbocycles. The van der Waals surface area contributed by atoms with Gasteiger partial charge in [-0.3, -0.25) is 4.79 Å². The molecule has 1 saturated carbocycles. The molecule has 0 aromatic heterocycles. The number of carbonyl (C=O) groups excluding carboxylic acids is 1. The summed E-state index contributed by atoms with van der Waals surface area (Å²) in [6.07, 6.45) is 0.403. The van der Waals surface area contributed by atoms with E-state index in [9.17, 15) is 9.18 Å². The molecule has 9 heavy (non-hydrogen) atoms. The Kier molecular flexibility index (Phi) is 0.845. The van der Waals surface area contributed by atoms with Gasteiger partial charge in [0.25, 0.3) is 0 Å². The minimum absolute atomic E-state index is 0.0845. The van der Waals surface area contributed by atoms with Gasteiger partial charge in [0.2, 0.25) is 5.91 Å². The van der Waals surface area contributed by atoms with Gasteiger partial charge in [-0.2, -0.15) is 0 Å². The zero-order valence-corrected chi connectivity index (χ0v) is 4.93. The lowest BCUT2D eigenvalue weighted by Crippen LogP contribution is -2.35. The van der Waals surface area contributed by atoms with Crippen molar-refractivity contribution < 1.29 is 9.18 Å². The predicted octanol–water partition coefficient (Wildman–Crippen LogP) is 0.233. The Bertz CT molecular complexity index is 159. The first-order valence-corrected chi connectivity index (χ1v) is 3.22. The zero-order chi connectivity index (χ0) is 6.43.